The van der Waals surface area contributed by atoms with E-state index >= 15 is 0 Å². The lowest BCUT2D eigenvalue weighted by Crippen LogP contribution is -1.67. The van der Waals surface area contributed by atoms with Gasteiger partial charge in [-0.05, 0) is 0 Å². The first-order chi connectivity index (χ1) is 3.97. The number of rotatable bonds is 0. The van der Waals surface area contributed by atoms with Crippen molar-refractivity contribution in [1.82, 2.24) is 0 Å². The van der Waals surface area contributed by atoms with E-state index in [-0.39, 0.29) is 0 Å². The molecule has 0 heteroatoms. The Labute approximate surface area is 48.5 Å². The molecule has 0 aliphatic heterocycles. The lowest BCUT2D eigenvalue weighted by atomic mass is 10.2. The van der Waals surface area contributed by atoms with E-state index in [1.165, 1.54) is 11.1 Å². The first-order valence-electron chi connectivity index (χ1n) is 2.65. The van der Waals surface area contributed by atoms with E-state index in [0.29, 0.717) is 0 Å². The monoisotopic (exact) mass is 101 g/mol. The fourth-order valence-corrected chi connectivity index (χ4v) is 0.932. The quantitative estimate of drug-likeness (QED) is 0.408. The van der Waals surface area contributed by atoms with E-state index in [4.69, 9.17) is 0 Å². The summed E-state index contributed by atoms with van der Waals surface area (Å²) in [5, 5.41) is 0. The molecule has 0 heterocycles. The van der Waals surface area contributed by atoms with Gasteiger partial charge in [0.15, 0.2) is 0 Å². The largest absolute Gasteiger partial charge is 0.168 e. The van der Waals surface area contributed by atoms with Crippen LogP contribution in [0.1, 0.15) is 0 Å². The van der Waals surface area contributed by atoms with Crippen LogP contribution in [0.5, 0.6) is 0 Å². The highest BCUT2D eigenvalue weighted by Crippen LogP contribution is 2.22. The van der Waals surface area contributed by atoms with Crippen LogP contribution in [-0.4, -0.2) is 0 Å². The molecule has 0 saturated carbocycles. The second kappa shape index (κ2) is 1.22. The van der Waals surface area contributed by atoms with E-state index in [0.717, 1.165) is 0 Å². The van der Waals surface area contributed by atoms with Gasteiger partial charge >= 0.3 is 0 Å². The molecular weight excluding hydrogens is 96.1 g/mol. The molecule has 0 atom stereocenters. The maximum atomic E-state index is 3.10. The summed E-state index contributed by atoms with van der Waals surface area (Å²) in [6.45, 7) is 0. The molecule has 0 aromatic carbocycles. The van der Waals surface area contributed by atoms with E-state index in [2.05, 4.69) is 24.3 Å². The van der Waals surface area contributed by atoms with Crippen molar-refractivity contribution in [2.24, 2.45) is 0 Å². The predicted molar refractivity (Wildman–Crippen MR) is 33.1 cm³/mol. The van der Waals surface area contributed by atoms with Crippen molar-refractivity contribution in [2.75, 3.05) is 0 Å². The molecule has 0 aromatic rings. The highest BCUT2D eigenvalue weighted by molar-refractivity contribution is 5.56. The standard InChI is InChI=1S/C8H5/c1-3-7-5-2-6-8(7)4-1/h1-5H/q-1. The van der Waals surface area contributed by atoms with Crippen LogP contribution in [-0.2, 0) is 0 Å². The Morgan fingerprint density at radius 1 is 1.25 bits per heavy atom. The molecule has 0 bridgehead atoms. The van der Waals surface area contributed by atoms with Gasteiger partial charge in [0, 0.05) is 0 Å². The first kappa shape index (κ1) is 3.90. The summed E-state index contributed by atoms with van der Waals surface area (Å²) in [5.41, 5.74) is 2.52. The highest BCUT2D eigenvalue weighted by Gasteiger charge is 1.93. The van der Waals surface area contributed by atoms with Crippen molar-refractivity contribution in [2.45, 2.75) is 0 Å². The molecule has 0 aromatic heterocycles. The molecule has 2 rings (SSSR count). The van der Waals surface area contributed by atoms with Gasteiger partial charge in [-0.3, -0.25) is 0 Å². The number of allylic oxidation sites excluding steroid dienone is 8. The van der Waals surface area contributed by atoms with Crippen LogP contribution in [0.2, 0.25) is 0 Å². The van der Waals surface area contributed by atoms with Gasteiger partial charge in [-0.25, -0.2) is 0 Å². The molecule has 0 fully saturated rings. The molecular formula is C8H5-. The Bertz CT molecular complexity index is 198. The van der Waals surface area contributed by atoms with Crippen molar-refractivity contribution >= 4 is 0 Å². The van der Waals surface area contributed by atoms with Crippen molar-refractivity contribution in [3.05, 3.63) is 47.6 Å². The molecule has 0 spiro atoms. The fraction of sp³-hybridized carbons (Fsp3) is 0. The Hall–Kier alpha value is -1.04. The third-order valence-electron chi connectivity index (χ3n) is 1.35. The number of hydrogen-bond donors (Lipinski definition) is 0. The fourth-order valence-electron chi connectivity index (χ4n) is 0.932. The highest BCUT2D eigenvalue weighted by atomic mass is 14.1. The minimum Gasteiger partial charge on any atom is -0.168 e. The third-order valence-corrected chi connectivity index (χ3v) is 1.35. The topological polar surface area (TPSA) is 0 Å². The summed E-state index contributed by atoms with van der Waals surface area (Å²) in [6.07, 6.45) is 13.3. The zero-order valence-corrected chi connectivity index (χ0v) is 4.39. The molecule has 38 valence electrons. The van der Waals surface area contributed by atoms with Crippen LogP contribution in [0.4, 0.5) is 0 Å². The van der Waals surface area contributed by atoms with E-state index in [9.17, 15) is 0 Å². The van der Waals surface area contributed by atoms with E-state index < -0.39 is 0 Å². The Balaban J connectivity index is 2.59. The molecule has 2 aliphatic carbocycles. The maximum absolute atomic E-state index is 3.10. The molecule has 8 heavy (non-hydrogen) atoms. The molecule has 0 amide bonds. The maximum Gasteiger partial charge on any atom is -0.113 e. The predicted octanol–water partition coefficient (Wildman–Crippen LogP) is 1.78. The van der Waals surface area contributed by atoms with E-state index in [1.54, 1.807) is 0 Å². The van der Waals surface area contributed by atoms with Gasteiger partial charge in [0.25, 0.3) is 0 Å². The van der Waals surface area contributed by atoms with Crippen molar-refractivity contribution in [3.8, 4) is 0 Å². The zero-order valence-electron chi connectivity index (χ0n) is 4.39. The molecule has 0 N–H and O–H groups in total. The summed E-state index contributed by atoms with van der Waals surface area (Å²) in [7, 11) is 0. The molecule has 0 radical (unpaired) electrons. The number of hydrogen-bond acceptors (Lipinski definition) is 0. The van der Waals surface area contributed by atoms with Crippen molar-refractivity contribution in [3.63, 3.8) is 0 Å². The summed E-state index contributed by atoms with van der Waals surface area (Å²) < 4.78 is 0. The van der Waals surface area contributed by atoms with Gasteiger partial charge < -0.3 is 0 Å². The van der Waals surface area contributed by atoms with Crippen molar-refractivity contribution < 1.29 is 0 Å². The van der Waals surface area contributed by atoms with Crippen LogP contribution in [0, 0.1) is 6.08 Å². The Morgan fingerprint density at radius 2 is 2.25 bits per heavy atom. The zero-order chi connectivity index (χ0) is 5.40. The Morgan fingerprint density at radius 3 is 3.12 bits per heavy atom. The average Bonchev–Trinajstić information content (AvgIpc) is 2.15. The summed E-state index contributed by atoms with van der Waals surface area (Å²) in [5.74, 6) is 0. The van der Waals surface area contributed by atoms with Gasteiger partial charge in [-0.15, -0.1) is 29.9 Å². The second-order valence-electron chi connectivity index (χ2n) is 1.87. The average molecular weight is 101 g/mol. The van der Waals surface area contributed by atoms with Gasteiger partial charge in [-0.1, -0.05) is 0 Å². The van der Waals surface area contributed by atoms with Crippen LogP contribution in [0.25, 0.3) is 0 Å². The molecule has 2 aliphatic rings. The van der Waals surface area contributed by atoms with Gasteiger partial charge in [0.05, 0.1) is 0 Å². The van der Waals surface area contributed by atoms with Crippen LogP contribution in [0.15, 0.2) is 41.5 Å². The normalized spacial score (nSPS) is 21.0. The van der Waals surface area contributed by atoms with Crippen LogP contribution >= 0.6 is 0 Å². The van der Waals surface area contributed by atoms with Crippen LogP contribution < -0.4 is 0 Å². The first-order valence-corrected chi connectivity index (χ1v) is 2.65. The second-order valence-corrected chi connectivity index (χ2v) is 1.87. The summed E-state index contributed by atoms with van der Waals surface area (Å²) >= 11 is 0. The smallest absolute Gasteiger partial charge is 0.113 e. The minimum absolute atomic E-state index is 1.23. The molecule has 0 unspecified atom stereocenters. The van der Waals surface area contributed by atoms with Gasteiger partial charge in [-0.2, -0.15) is 17.7 Å². The third kappa shape index (κ3) is 0.348. The van der Waals surface area contributed by atoms with Crippen molar-refractivity contribution in [1.29, 1.82) is 0 Å². The summed E-state index contributed by atoms with van der Waals surface area (Å²) in [6, 6.07) is 0. The molecule has 0 nitrogen and oxygen atoms in total. The lowest BCUT2D eigenvalue weighted by Gasteiger charge is -1.97. The van der Waals surface area contributed by atoms with Gasteiger partial charge in [0.2, 0.25) is 0 Å². The Kier molecular flexibility index (Phi) is 0.595. The number of fused-ring (bicyclic) bond motifs is 1. The summed E-state index contributed by atoms with van der Waals surface area (Å²) in [4.78, 5) is 0. The lowest BCUT2D eigenvalue weighted by molar-refractivity contribution is 1.66. The molecule has 0 saturated heterocycles. The van der Waals surface area contributed by atoms with Gasteiger partial charge in [0.1, 0.15) is 0 Å². The van der Waals surface area contributed by atoms with Crippen LogP contribution in [0.3, 0.4) is 0 Å². The SMILES string of the molecule is [C-]1=CC=C2C=CC=C12. The van der Waals surface area contributed by atoms with E-state index in [1.807, 2.05) is 12.2 Å². The minimum atomic E-state index is 1.23.